The summed E-state index contributed by atoms with van der Waals surface area (Å²) in [7, 11) is 1.67. The number of hydrogen-bond acceptors (Lipinski definition) is 3. The Morgan fingerprint density at radius 2 is 1.95 bits per heavy atom. The standard InChI is InChI=1S/C15H24FNO2/c1-12(2)17-11-13-6-7-15(14(16)10-13)19-9-5-4-8-18-3/h6-7,10,12,17H,4-5,8-9,11H2,1-3H3. The van der Waals surface area contributed by atoms with Gasteiger partial charge in [-0.3, -0.25) is 0 Å². The quantitative estimate of drug-likeness (QED) is 0.699. The van der Waals surface area contributed by atoms with Crippen molar-refractivity contribution in [1.29, 1.82) is 0 Å². The molecule has 0 radical (unpaired) electrons. The maximum atomic E-state index is 13.8. The van der Waals surface area contributed by atoms with E-state index in [0.717, 1.165) is 18.4 Å². The van der Waals surface area contributed by atoms with Crippen molar-refractivity contribution in [3.05, 3.63) is 29.6 Å². The van der Waals surface area contributed by atoms with Crippen LogP contribution in [0, 0.1) is 5.82 Å². The third kappa shape index (κ3) is 6.55. The number of ether oxygens (including phenoxy) is 2. The van der Waals surface area contributed by atoms with Gasteiger partial charge in [-0.05, 0) is 30.5 Å². The largest absolute Gasteiger partial charge is 0.491 e. The van der Waals surface area contributed by atoms with Crippen LogP contribution in [0.15, 0.2) is 18.2 Å². The number of nitrogens with one attached hydrogen (secondary N) is 1. The van der Waals surface area contributed by atoms with Gasteiger partial charge in [-0.2, -0.15) is 0 Å². The van der Waals surface area contributed by atoms with E-state index in [2.05, 4.69) is 19.2 Å². The number of hydrogen-bond donors (Lipinski definition) is 1. The minimum atomic E-state index is -0.296. The first-order valence-electron chi connectivity index (χ1n) is 6.77. The Morgan fingerprint density at radius 1 is 1.21 bits per heavy atom. The third-order valence-electron chi connectivity index (χ3n) is 2.71. The Hall–Kier alpha value is -1.13. The van der Waals surface area contributed by atoms with Crippen molar-refractivity contribution in [2.24, 2.45) is 0 Å². The summed E-state index contributed by atoms with van der Waals surface area (Å²) in [6.07, 6.45) is 1.79. The SMILES string of the molecule is COCCCCOc1ccc(CNC(C)C)cc1F. The second-order valence-corrected chi connectivity index (χ2v) is 4.85. The predicted molar refractivity (Wildman–Crippen MR) is 75.0 cm³/mol. The van der Waals surface area contributed by atoms with Crippen LogP contribution in [0.5, 0.6) is 5.75 Å². The van der Waals surface area contributed by atoms with Gasteiger partial charge in [0.05, 0.1) is 6.61 Å². The summed E-state index contributed by atoms with van der Waals surface area (Å²) in [5, 5.41) is 3.25. The Morgan fingerprint density at radius 3 is 2.58 bits per heavy atom. The lowest BCUT2D eigenvalue weighted by Crippen LogP contribution is -2.21. The molecule has 0 aromatic heterocycles. The van der Waals surface area contributed by atoms with Crippen molar-refractivity contribution in [2.75, 3.05) is 20.3 Å². The normalized spacial score (nSPS) is 11.0. The number of methoxy groups -OCH3 is 1. The fourth-order valence-electron chi connectivity index (χ4n) is 1.62. The first-order valence-corrected chi connectivity index (χ1v) is 6.77. The van der Waals surface area contributed by atoms with Crippen LogP contribution in [-0.2, 0) is 11.3 Å². The van der Waals surface area contributed by atoms with E-state index in [4.69, 9.17) is 9.47 Å². The van der Waals surface area contributed by atoms with Gasteiger partial charge in [0.2, 0.25) is 0 Å². The number of halogens is 1. The number of benzene rings is 1. The van der Waals surface area contributed by atoms with Crippen molar-refractivity contribution in [3.8, 4) is 5.75 Å². The average Bonchev–Trinajstić information content (AvgIpc) is 2.38. The van der Waals surface area contributed by atoms with E-state index < -0.39 is 0 Å². The zero-order valence-electron chi connectivity index (χ0n) is 12.0. The molecule has 1 aromatic rings. The van der Waals surface area contributed by atoms with E-state index >= 15 is 0 Å². The van der Waals surface area contributed by atoms with Crippen molar-refractivity contribution in [2.45, 2.75) is 39.3 Å². The van der Waals surface area contributed by atoms with Crippen LogP contribution < -0.4 is 10.1 Å². The highest BCUT2D eigenvalue weighted by Crippen LogP contribution is 2.18. The van der Waals surface area contributed by atoms with E-state index in [0.29, 0.717) is 31.5 Å². The third-order valence-corrected chi connectivity index (χ3v) is 2.71. The molecule has 1 aromatic carbocycles. The molecule has 0 saturated heterocycles. The Kier molecular flexibility index (Phi) is 7.45. The van der Waals surface area contributed by atoms with Crippen LogP contribution in [0.25, 0.3) is 0 Å². The van der Waals surface area contributed by atoms with Crippen LogP contribution in [0.4, 0.5) is 4.39 Å². The first-order chi connectivity index (χ1) is 9.13. The van der Waals surface area contributed by atoms with Crippen LogP contribution in [-0.4, -0.2) is 26.4 Å². The molecule has 0 amide bonds. The molecule has 0 aliphatic rings. The summed E-state index contributed by atoms with van der Waals surface area (Å²) >= 11 is 0. The van der Waals surface area contributed by atoms with Crippen LogP contribution >= 0.6 is 0 Å². The summed E-state index contributed by atoms with van der Waals surface area (Å²) in [4.78, 5) is 0. The molecule has 3 nitrogen and oxygen atoms in total. The van der Waals surface area contributed by atoms with Gasteiger partial charge in [-0.1, -0.05) is 19.9 Å². The molecule has 0 heterocycles. The molecule has 108 valence electrons. The van der Waals surface area contributed by atoms with Crippen molar-refractivity contribution < 1.29 is 13.9 Å². The summed E-state index contributed by atoms with van der Waals surface area (Å²) < 4.78 is 24.1. The van der Waals surface area contributed by atoms with E-state index in [1.54, 1.807) is 13.2 Å². The maximum absolute atomic E-state index is 13.8. The molecule has 0 atom stereocenters. The van der Waals surface area contributed by atoms with Gasteiger partial charge >= 0.3 is 0 Å². The molecule has 0 saturated carbocycles. The fourth-order valence-corrected chi connectivity index (χ4v) is 1.62. The van der Waals surface area contributed by atoms with Gasteiger partial charge in [-0.25, -0.2) is 4.39 Å². The second kappa shape index (κ2) is 8.88. The molecule has 0 fully saturated rings. The first kappa shape index (κ1) is 15.9. The molecule has 0 unspecified atom stereocenters. The molecule has 0 spiro atoms. The van der Waals surface area contributed by atoms with E-state index in [1.165, 1.54) is 6.07 Å². The molecule has 19 heavy (non-hydrogen) atoms. The van der Waals surface area contributed by atoms with E-state index in [9.17, 15) is 4.39 Å². The minimum Gasteiger partial charge on any atom is -0.491 e. The molecule has 4 heteroatoms. The molecule has 0 aliphatic heterocycles. The number of rotatable bonds is 9. The summed E-state index contributed by atoms with van der Waals surface area (Å²) in [5.74, 6) is 0.0283. The molecule has 1 rings (SSSR count). The fraction of sp³-hybridized carbons (Fsp3) is 0.600. The highest BCUT2D eigenvalue weighted by molar-refractivity contribution is 5.29. The van der Waals surface area contributed by atoms with Crippen LogP contribution in [0.3, 0.4) is 0 Å². The molecule has 0 bridgehead atoms. The molecular formula is C15H24FNO2. The lowest BCUT2D eigenvalue weighted by atomic mass is 10.2. The lowest BCUT2D eigenvalue weighted by molar-refractivity contribution is 0.183. The van der Waals surface area contributed by atoms with Crippen LogP contribution in [0.2, 0.25) is 0 Å². The van der Waals surface area contributed by atoms with E-state index in [-0.39, 0.29) is 5.82 Å². The molecule has 0 aliphatic carbocycles. The van der Waals surface area contributed by atoms with Crippen molar-refractivity contribution in [1.82, 2.24) is 5.32 Å². The van der Waals surface area contributed by atoms with E-state index in [1.807, 2.05) is 6.07 Å². The molecular weight excluding hydrogens is 245 g/mol. The Bertz CT molecular complexity index is 369. The lowest BCUT2D eigenvalue weighted by Gasteiger charge is -2.10. The highest BCUT2D eigenvalue weighted by atomic mass is 19.1. The van der Waals surface area contributed by atoms with Crippen molar-refractivity contribution >= 4 is 0 Å². The highest BCUT2D eigenvalue weighted by Gasteiger charge is 2.05. The second-order valence-electron chi connectivity index (χ2n) is 4.85. The summed E-state index contributed by atoms with van der Waals surface area (Å²) in [5.41, 5.74) is 0.929. The summed E-state index contributed by atoms with van der Waals surface area (Å²) in [6, 6.07) is 5.51. The van der Waals surface area contributed by atoms with Gasteiger partial charge in [-0.15, -0.1) is 0 Å². The average molecular weight is 269 g/mol. The van der Waals surface area contributed by atoms with Gasteiger partial charge < -0.3 is 14.8 Å². The van der Waals surface area contributed by atoms with Gasteiger partial charge in [0, 0.05) is 26.3 Å². The monoisotopic (exact) mass is 269 g/mol. The van der Waals surface area contributed by atoms with Gasteiger partial charge in [0.15, 0.2) is 11.6 Å². The smallest absolute Gasteiger partial charge is 0.165 e. The predicted octanol–water partition coefficient (Wildman–Crippen LogP) is 3.13. The minimum absolute atomic E-state index is 0.296. The molecule has 1 N–H and O–H groups in total. The van der Waals surface area contributed by atoms with Crippen molar-refractivity contribution in [3.63, 3.8) is 0 Å². The number of unbranched alkanes of at least 4 members (excludes halogenated alkanes) is 1. The van der Waals surface area contributed by atoms with Gasteiger partial charge in [0.1, 0.15) is 0 Å². The Balaban J connectivity index is 2.39. The topological polar surface area (TPSA) is 30.5 Å². The maximum Gasteiger partial charge on any atom is 0.165 e. The van der Waals surface area contributed by atoms with Crippen LogP contribution in [0.1, 0.15) is 32.3 Å². The van der Waals surface area contributed by atoms with Gasteiger partial charge in [0.25, 0.3) is 0 Å². The Labute approximate surface area is 115 Å². The zero-order chi connectivity index (χ0) is 14.1. The summed E-state index contributed by atoms with van der Waals surface area (Å²) in [6.45, 7) is 6.03. The zero-order valence-corrected chi connectivity index (χ0v) is 12.0.